The summed E-state index contributed by atoms with van der Waals surface area (Å²) in [4.78, 5) is 0. The van der Waals surface area contributed by atoms with Crippen molar-refractivity contribution in [2.45, 2.75) is 19.0 Å². The zero-order chi connectivity index (χ0) is 25.7. The number of rotatable bonds is 7. The van der Waals surface area contributed by atoms with Crippen LogP contribution in [-0.2, 0) is 0 Å². The molecule has 0 aliphatic carbocycles. The number of benzene rings is 5. The molecule has 1 atom stereocenters. The van der Waals surface area contributed by atoms with E-state index in [4.69, 9.17) is 0 Å². The van der Waals surface area contributed by atoms with Crippen molar-refractivity contribution in [1.82, 2.24) is 9.34 Å². The topological polar surface area (TPSA) is 6.48 Å². The molecule has 1 aliphatic rings. The molecule has 0 saturated carbocycles. The maximum absolute atomic E-state index is 2.59. The van der Waals surface area contributed by atoms with E-state index < -0.39 is 0 Å². The Morgan fingerprint density at radius 1 is 0.474 bits per heavy atom. The Morgan fingerprint density at radius 2 is 0.868 bits per heavy atom. The van der Waals surface area contributed by atoms with Crippen LogP contribution in [0.1, 0.15) is 45.5 Å². The van der Waals surface area contributed by atoms with Crippen LogP contribution in [0.3, 0.4) is 0 Å². The van der Waals surface area contributed by atoms with E-state index in [9.17, 15) is 0 Å². The molecule has 6 rings (SSSR count). The lowest BCUT2D eigenvalue weighted by Gasteiger charge is -2.35. The van der Waals surface area contributed by atoms with Crippen molar-refractivity contribution < 1.29 is 0 Å². The molecule has 38 heavy (non-hydrogen) atoms. The second-order valence-corrected chi connectivity index (χ2v) is 10.9. The van der Waals surface area contributed by atoms with Gasteiger partial charge >= 0.3 is 0 Å². The quantitative estimate of drug-likeness (QED) is 0.202. The first-order valence-electron chi connectivity index (χ1n) is 13.1. The van der Waals surface area contributed by atoms with Crippen LogP contribution in [0.5, 0.6) is 0 Å². The van der Waals surface area contributed by atoms with Crippen molar-refractivity contribution in [1.29, 1.82) is 0 Å². The van der Waals surface area contributed by atoms with Crippen LogP contribution in [0.25, 0.3) is 5.70 Å². The Balaban J connectivity index is 1.50. The largest absolute Gasteiger partial charge is 0.329 e. The minimum absolute atomic E-state index is 0.0977. The molecule has 0 saturated heterocycles. The van der Waals surface area contributed by atoms with Gasteiger partial charge in [-0.05, 0) is 34.7 Å². The lowest BCUT2D eigenvalue weighted by molar-refractivity contribution is 0.494. The molecule has 1 aliphatic heterocycles. The summed E-state index contributed by atoms with van der Waals surface area (Å²) in [6, 6.07) is 52.7. The molecule has 1 heterocycles. The normalized spacial score (nSPS) is 13.9. The van der Waals surface area contributed by atoms with Crippen molar-refractivity contribution in [2.24, 2.45) is 0 Å². The van der Waals surface area contributed by atoms with Crippen LogP contribution >= 0.6 is 8.88 Å². The molecule has 0 radical (unpaired) electrons. The molecule has 1 unspecified atom stereocenters. The zero-order valence-corrected chi connectivity index (χ0v) is 22.5. The summed E-state index contributed by atoms with van der Waals surface area (Å²) in [6.07, 6.45) is 2.38. The highest BCUT2D eigenvalue weighted by Gasteiger charge is 2.34. The van der Waals surface area contributed by atoms with Crippen LogP contribution in [0, 0.1) is 6.92 Å². The second-order valence-electron chi connectivity index (χ2n) is 9.71. The Labute approximate surface area is 227 Å². The van der Waals surface area contributed by atoms with E-state index in [1.54, 1.807) is 0 Å². The minimum Gasteiger partial charge on any atom is -0.329 e. The van der Waals surface area contributed by atoms with E-state index in [0.29, 0.717) is 8.88 Å². The van der Waals surface area contributed by atoms with Crippen molar-refractivity contribution in [3.05, 3.63) is 185 Å². The Morgan fingerprint density at radius 3 is 1.29 bits per heavy atom. The number of nitrogens with zero attached hydrogens (tertiary/aromatic N) is 2. The van der Waals surface area contributed by atoms with E-state index in [1.165, 1.54) is 39.1 Å². The Bertz CT molecular complexity index is 1410. The molecule has 186 valence electrons. The molecule has 0 fully saturated rings. The molecule has 0 amide bonds. The smallest absolute Gasteiger partial charge is 0.0846 e. The van der Waals surface area contributed by atoms with Gasteiger partial charge in [-0.1, -0.05) is 151 Å². The first-order valence-corrected chi connectivity index (χ1v) is 14.0. The van der Waals surface area contributed by atoms with E-state index in [-0.39, 0.29) is 12.1 Å². The average Bonchev–Trinajstić information content (AvgIpc) is 3.40. The fraction of sp³-hybridized carbons (Fsp3) is 0.0857. The number of hydrogen-bond donors (Lipinski definition) is 0. The first kappa shape index (κ1) is 24.2. The van der Waals surface area contributed by atoms with E-state index in [1.807, 2.05) is 0 Å². The van der Waals surface area contributed by atoms with Gasteiger partial charge in [-0.3, -0.25) is 0 Å². The summed E-state index contributed by atoms with van der Waals surface area (Å²) >= 11 is 0. The lowest BCUT2D eigenvalue weighted by atomic mass is 9.97. The number of hydrogen-bond acceptors (Lipinski definition) is 2. The number of aryl methyl sites for hydroxylation is 1. The first-order chi connectivity index (χ1) is 18.8. The fourth-order valence-corrected chi connectivity index (χ4v) is 6.76. The lowest BCUT2D eigenvalue weighted by Crippen LogP contribution is -2.21. The summed E-state index contributed by atoms with van der Waals surface area (Å²) < 4.78 is 5.12. The maximum atomic E-state index is 2.59. The highest BCUT2D eigenvalue weighted by atomic mass is 31.1. The van der Waals surface area contributed by atoms with Crippen LogP contribution in [0.15, 0.2) is 152 Å². The van der Waals surface area contributed by atoms with Crippen LogP contribution < -0.4 is 0 Å². The summed E-state index contributed by atoms with van der Waals surface area (Å²) in [7, 11) is 0.431. The predicted molar refractivity (Wildman–Crippen MR) is 161 cm³/mol. The molecule has 3 heteroatoms. The molecule has 5 aromatic rings. The molecular formula is C35H31N2P. The SMILES string of the molecule is Cc1ccc(C2=CN(C(c3ccccc3)c3ccccc3)PN2C(c2ccccc2)c2ccccc2)cc1. The van der Waals surface area contributed by atoms with Gasteiger partial charge in [0.15, 0.2) is 0 Å². The van der Waals surface area contributed by atoms with Gasteiger partial charge in [0.05, 0.1) is 26.7 Å². The van der Waals surface area contributed by atoms with Gasteiger partial charge < -0.3 is 9.34 Å². The van der Waals surface area contributed by atoms with Gasteiger partial charge in [0.25, 0.3) is 0 Å². The molecule has 0 N–H and O–H groups in total. The highest BCUT2D eigenvalue weighted by Crippen LogP contribution is 2.53. The molecular weight excluding hydrogens is 479 g/mol. The van der Waals surface area contributed by atoms with Gasteiger partial charge in [-0.2, -0.15) is 0 Å². The Hall–Kier alpha value is -4.13. The van der Waals surface area contributed by atoms with Gasteiger partial charge in [0.2, 0.25) is 0 Å². The fourth-order valence-electron chi connectivity index (χ4n) is 5.21. The van der Waals surface area contributed by atoms with Gasteiger partial charge in [-0.15, -0.1) is 0 Å². The van der Waals surface area contributed by atoms with E-state index in [0.717, 1.165) is 0 Å². The van der Waals surface area contributed by atoms with Crippen molar-refractivity contribution in [3.63, 3.8) is 0 Å². The van der Waals surface area contributed by atoms with E-state index >= 15 is 0 Å². The molecule has 0 aromatic heterocycles. The van der Waals surface area contributed by atoms with Crippen molar-refractivity contribution in [3.8, 4) is 0 Å². The summed E-state index contributed by atoms with van der Waals surface area (Å²) in [6.45, 7) is 2.15. The third-order valence-corrected chi connectivity index (χ3v) is 8.42. The highest BCUT2D eigenvalue weighted by molar-refractivity contribution is 7.33. The molecule has 0 spiro atoms. The standard InChI is InChI=1S/C35H31N2P/c1-27-22-24-28(25-23-27)33-26-36(34(29-14-6-2-7-15-29)30-16-8-3-9-17-30)38-37(33)35(31-18-10-4-11-19-31)32-20-12-5-13-21-32/h2-26,34-35,38H,1H3. The molecule has 5 aromatic carbocycles. The van der Waals surface area contributed by atoms with Crippen LogP contribution in [0.4, 0.5) is 0 Å². The van der Waals surface area contributed by atoms with Gasteiger partial charge in [0.1, 0.15) is 0 Å². The molecule has 2 nitrogen and oxygen atoms in total. The summed E-state index contributed by atoms with van der Waals surface area (Å²) in [5, 5.41) is 0. The minimum atomic E-state index is 0.0977. The van der Waals surface area contributed by atoms with Gasteiger partial charge in [-0.25, -0.2) is 0 Å². The van der Waals surface area contributed by atoms with Crippen LogP contribution in [0.2, 0.25) is 0 Å². The van der Waals surface area contributed by atoms with Crippen LogP contribution in [-0.4, -0.2) is 9.34 Å². The summed E-state index contributed by atoms with van der Waals surface area (Å²) in [5.41, 5.74) is 8.93. The predicted octanol–water partition coefficient (Wildman–Crippen LogP) is 9.00. The van der Waals surface area contributed by atoms with Crippen molar-refractivity contribution >= 4 is 14.6 Å². The third-order valence-electron chi connectivity index (χ3n) is 7.09. The maximum Gasteiger partial charge on any atom is 0.0846 e. The van der Waals surface area contributed by atoms with Crippen molar-refractivity contribution in [2.75, 3.05) is 0 Å². The summed E-state index contributed by atoms with van der Waals surface area (Å²) in [5.74, 6) is 0. The third kappa shape index (κ3) is 5.01. The second kappa shape index (κ2) is 11.1. The van der Waals surface area contributed by atoms with Gasteiger partial charge in [0, 0.05) is 6.20 Å². The van der Waals surface area contributed by atoms with E-state index in [2.05, 4.69) is 168 Å². The zero-order valence-electron chi connectivity index (χ0n) is 21.5. The molecule has 0 bridgehead atoms. The Kier molecular flexibility index (Phi) is 7.07. The monoisotopic (exact) mass is 510 g/mol. The average molecular weight is 511 g/mol.